The highest BCUT2D eigenvalue weighted by Crippen LogP contribution is 2.39. The molecule has 2 unspecified atom stereocenters. The molecule has 1 spiro atoms. The summed E-state index contributed by atoms with van der Waals surface area (Å²) in [6, 6.07) is 0.317. The van der Waals surface area contributed by atoms with E-state index in [1.165, 1.54) is 20.0 Å². The lowest BCUT2D eigenvalue weighted by Gasteiger charge is -2.33. The van der Waals surface area contributed by atoms with Gasteiger partial charge in [0.25, 0.3) is 0 Å². The second-order valence-electron chi connectivity index (χ2n) is 4.93. The minimum Gasteiger partial charge on any atom is -0.453 e. The van der Waals surface area contributed by atoms with Crippen molar-refractivity contribution in [2.75, 3.05) is 26.7 Å². The minimum absolute atomic E-state index is 0.176. The highest BCUT2D eigenvalue weighted by atomic mass is 16.5. The number of likely N-dealkylation sites (tertiary alicyclic amines) is 1. The number of methoxy groups -OCH3 is 1. The number of amides is 1. The van der Waals surface area contributed by atoms with Crippen molar-refractivity contribution < 1.29 is 9.53 Å². The van der Waals surface area contributed by atoms with Crippen LogP contribution in [0, 0.1) is 5.41 Å². The van der Waals surface area contributed by atoms with Gasteiger partial charge in [0.1, 0.15) is 0 Å². The Morgan fingerprint density at radius 2 is 2.40 bits per heavy atom. The number of nitrogens with zero attached hydrogens (tertiary/aromatic N) is 1. The molecule has 2 atom stereocenters. The van der Waals surface area contributed by atoms with E-state index >= 15 is 0 Å². The highest BCUT2D eigenvalue weighted by Gasteiger charge is 2.44. The van der Waals surface area contributed by atoms with Crippen LogP contribution in [0.4, 0.5) is 4.79 Å². The maximum Gasteiger partial charge on any atom is 0.409 e. The summed E-state index contributed by atoms with van der Waals surface area (Å²) in [5.41, 5.74) is 0.311. The molecule has 0 aliphatic carbocycles. The summed E-state index contributed by atoms with van der Waals surface area (Å²) in [4.78, 5) is 13.4. The molecule has 4 nitrogen and oxygen atoms in total. The third-order valence-electron chi connectivity index (χ3n) is 3.74. The molecule has 2 aliphatic rings. The molecule has 1 N–H and O–H groups in total. The Balaban J connectivity index is 2.04. The number of piperidine rings is 1. The van der Waals surface area contributed by atoms with E-state index in [1.54, 1.807) is 0 Å². The van der Waals surface area contributed by atoms with Gasteiger partial charge in [-0.05, 0) is 32.7 Å². The number of rotatable bonds is 0. The van der Waals surface area contributed by atoms with E-state index < -0.39 is 0 Å². The minimum atomic E-state index is -0.176. The standard InChI is InChI=1S/C11H20N2O2/c1-9-6-11(4-3-5-12-7-11)8-13(9)10(14)15-2/h9,12H,3-8H2,1-2H3. The third kappa shape index (κ3) is 1.95. The monoisotopic (exact) mass is 212 g/mol. The fraction of sp³-hybridized carbons (Fsp3) is 0.909. The molecule has 4 heteroatoms. The first-order valence-electron chi connectivity index (χ1n) is 5.72. The first-order chi connectivity index (χ1) is 7.17. The van der Waals surface area contributed by atoms with E-state index in [2.05, 4.69) is 12.2 Å². The van der Waals surface area contributed by atoms with E-state index in [9.17, 15) is 4.79 Å². The second-order valence-corrected chi connectivity index (χ2v) is 4.93. The van der Waals surface area contributed by atoms with Crippen molar-refractivity contribution in [1.82, 2.24) is 10.2 Å². The van der Waals surface area contributed by atoms with Crippen LogP contribution < -0.4 is 5.32 Å². The first kappa shape index (κ1) is 10.7. The van der Waals surface area contributed by atoms with Crippen molar-refractivity contribution in [3.05, 3.63) is 0 Å². The molecule has 0 aromatic heterocycles. The molecular formula is C11H20N2O2. The van der Waals surface area contributed by atoms with Crippen LogP contribution in [0.1, 0.15) is 26.2 Å². The zero-order chi connectivity index (χ0) is 10.9. The zero-order valence-corrected chi connectivity index (χ0v) is 9.58. The molecule has 0 aromatic rings. The summed E-state index contributed by atoms with van der Waals surface area (Å²) in [5, 5.41) is 3.44. The largest absolute Gasteiger partial charge is 0.453 e. The predicted molar refractivity (Wildman–Crippen MR) is 57.7 cm³/mol. The molecule has 2 saturated heterocycles. The van der Waals surface area contributed by atoms with Crippen LogP contribution >= 0.6 is 0 Å². The van der Waals surface area contributed by atoms with E-state index in [4.69, 9.17) is 4.74 Å². The van der Waals surface area contributed by atoms with Gasteiger partial charge in [-0.15, -0.1) is 0 Å². The number of hydrogen-bond donors (Lipinski definition) is 1. The maximum absolute atomic E-state index is 11.5. The average molecular weight is 212 g/mol. The Kier molecular flexibility index (Phi) is 2.87. The van der Waals surface area contributed by atoms with Gasteiger partial charge in [-0.1, -0.05) is 0 Å². The topological polar surface area (TPSA) is 41.6 Å². The molecule has 0 bridgehead atoms. The summed E-state index contributed by atoms with van der Waals surface area (Å²) >= 11 is 0. The van der Waals surface area contributed by atoms with Crippen molar-refractivity contribution in [1.29, 1.82) is 0 Å². The predicted octanol–water partition coefficient (Wildman–Crippen LogP) is 1.22. The lowest BCUT2D eigenvalue weighted by Crippen LogP contribution is -2.42. The zero-order valence-electron chi connectivity index (χ0n) is 9.58. The Morgan fingerprint density at radius 3 is 3.00 bits per heavy atom. The van der Waals surface area contributed by atoms with E-state index in [1.807, 2.05) is 4.90 Å². The summed E-state index contributed by atoms with van der Waals surface area (Å²) in [5.74, 6) is 0. The molecule has 2 fully saturated rings. The van der Waals surface area contributed by atoms with Gasteiger partial charge in [0.05, 0.1) is 7.11 Å². The van der Waals surface area contributed by atoms with Crippen LogP contribution in [0.2, 0.25) is 0 Å². The highest BCUT2D eigenvalue weighted by molar-refractivity contribution is 5.68. The molecule has 15 heavy (non-hydrogen) atoms. The summed E-state index contributed by atoms with van der Waals surface area (Å²) < 4.78 is 4.81. The average Bonchev–Trinajstić information content (AvgIpc) is 2.55. The molecule has 2 heterocycles. The fourth-order valence-electron chi connectivity index (χ4n) is 3.02. The molecule has 0 aromatic carbocycles. The van der Waals surface area contributed by atoms with Gasteiger partial charge in [0.2, 0.25) is 0 Å². The number of carbonyl (C=O) groups is 1. The number of hydrogen-bond acceptors (Lipinski definition) is 3. The molecule has 86 valence electrons. The Hall–Kier alpha value is -0.770. The van der Waals surface area contributed by atoms with Gasteiger partial charge in [-0.3, -0.25) is 0 Å². The van der Waals surface area contributed by atoms with Crippen molar-refractivity contribution in [2.45, 2.75) is 32.2 Å². The maximum atomic E-state index is 11.5. The third-order valence-corrected chi connectivity index (χ3v) is 3.74. The molecule has 2 aliphatic heterocycles. The van der Waals surface area contributed by atoms with Crippen molar-refractivity contribution >= 4 is 6.09 Å². The van der Waals surface area contributed by atoms with Crippen LogP contribution in [-0.4, -0.2) is 43.8 Å². The summed E-state index contributed by atoms with van der Waals surface area (Å²) in [6.45, 7) is 5.13. The van der Waals surface area contributed by atoms with Crippen LogP contribution in [0.3, 0.4) is 0 Å². The van der Waals surface area contributed by atoms with Crippen LogP contribution in [0.15, 0.2) is 0 Å². The molecule has 2 rings (SSSR count). The van der Waals surface area contributed by atoms with E-state index in [0.29, 0.717) is 11.5 Å². The number of nitrogens with one attached hydrogen (secondary N) is 1. The second kappa shape index (κ2) is 4.00. The van der Waals surface area contributed by atoms with Crippen LogP contribution in [0.5, 0.6) is 0 Å². The van der Waals surface area contributed by atoms with Crippen molar-refractivity contribution in [3.63, 3.8) is 0 Å². The summed E-state index contributed by atoms with van der Waals surface area (Å²) in [6.07, 6.45) is 3.39. The number of ether oxygens (including phenoxy) is 1. The van der Waals surface area contributed by atoms with Gasteiger partial charge in [0, 0.05) is 24.5 Å². The van der Waals surface area contributed by atoms with Crippen LogP contribution in [-0.2, 0) is 4.74 Å². The Morgan fingerprint density at radius 1 is 1.60 bits per heavy atom. The lowest BCUT2D eigenvalue weighted by atomic mass is 9.79. The van der Waals surface area contributed by atoms with Gasteiger partial charge >= 0.3 is 6.09 Å². The first-order valence-corrected chi connectivity index (χ1v) is 5.72. The van der Waals surface area contributed by atoms with Gasteiger partial charge in [-0.2, -0.15) is 0 Å². The van der Waals surface area contributed by atoms with Crippen molar-refractivity contribution in [2.24, 2.45) is 5.41 Å². The molecule has 1 amide bonds. The summed E-state index contributed by atoms with van der Waals surface area (Å²) in [7, 11) is 1.46. The van der Waals surface area contributed by atoms with Crippen molar-refractivity contribution in [3.8, 4) is 0 Å². The quantitative estimate of drug-likeness (QED) is 0.656. The van der Waals surface area contributed by atoms with Gasteiger partial charge in [-0.25, -0.2) is 4.79 Å². The SMILES string of the molecule is COC(=O)N1CC2(CCCNC2)CC1C. The van der Waals surface area contributed by atoms with Gasteiger partial charge < -0.3 is 15.0 Å². The number of carbonyl (C=O) groups excluding carboxylic acids is 1. The fourth-order valence-corrected chi connectivity index (χ4v) is 3.02. The van der Waals surface area contributed by atoms with Gasteiger partial charge in [0.15, 0.2) is 0 Å². The van der Waals surface area contributed by atoms with E-state index in [-0.39, 0.29) is 6.09 Å². The Labute approximate surface area is 91.0 Å². The normalized spacial score (nSPS) is 35.9. The smallest absolute Gasteiger partial charge is 0.409 e. The molecule has 0 saturated carbocycles. The molecule has 0 radical (unpaired) electrons. The lowest BCUT2D eigenvalue weighted by molar-refractivity contribution is 0.115. The van der Waals surface area contributed by atoms with E-state index in [0.717, 1.165) is 26.1 Å². The Bertz CT molecular complexity index is 249. The van der Waals surface area contributed by atoms with Crippen LogP contribution in [0.25, 0.3) is 0 Å². The molecular weight excluding hydrogens is 192 g/mol.